The Balaban J connectivity index is 1.82. The van der Waals surface area contributed by atoms with E-state index in [1.807, 2.05) is 0 Å². The maximum Gasteiger partial charge on any atom is 0.294 e. The Morgan fingerprint density at radius 3 is 2.10 bits per heavy atom. The van der Waals surface area contributed by atoms with Crippen LogP contribution in [0.5, 0.6) is 5.75 Å². The number of azo groups is 1. The summed E-state index contributed by atoms with van der Waals surface area (Å²) >= 11 is 0. The molecule has 2 aromatic carbocycles. The second-order valence-electron chi connectivity index (χ2n) is 7.73. The summed E-state index contributed by atoms with van der Waals surface area (Å²) in [5, 5.41) is 19.8. The zero-order chi connectivity index (χ0) is 28.5. The average Bonchev–Trinajstić information content (AvgIpc) is 2.87. The van der Waals surface area contributed by atoms with Gasteiger partial charge in [0.1, 0.15) is 5.75 Å². The van der Waals surface area contributed by atoms with Crippen LogP contribution >= 0.6 is 0 Å². The van der Waals surface area contributed by atoms with E-state index in [4.69, 9.17) is 9.29 Å². The van der Waals surface area contributed by atoms with Gasteiger partial charge in [-0.1, -0.05) is 6.07 Å². The molecule has 0 aliphatic rings. The van der Waals surface area contributed by atoms with Crippen molar-refractivity contribution in [1.29, 1.82) is 0 Å². The highest BCUT2D eigenvalue weighted by atomic mass is 32.2. The van der Waals surface area contributed by atoms with Gasteiger partial charge in [0.25, 0.3) is 20.2 Å². The van der Waals surface area contributed by atoms with Gasteiger partial charge in [0.15, 0.2) is 0 Å². The molecule has 210 valence electrons. The zero-order valence-corrected chi connectivity index (χ0v) is 22.5. The Morgan fingerprint density at radius 2 is 1.49 bits per heavy atom. The molecular weight excluding hydrogens is 554 g/mol. The summed E-state index contributed by atoms with van der Waals surface area (Å²) < 4.78 is 68.3. The number of hydrogen-bond acceptors (Lipinski definition) is 14. The molecule has 6 N–H and O–H groups in total. The summed E-state index contributed by atoms with van der Waals surface area (Å²) in [4.78, 5) is 12.4. The van der Waals surface area contributed by atoms with Crippen molar-refractivity contribution in [2.75, 3.05) is 55.5 Å². The minimum Gasteiger partial charge on any atom is -0.494 e. The van der Waals surface area contributed by atoms with E-state index in [0.29, 0.717) is 30.2 Å². The minimum atomic E-state index is -4.38. The molecule has 0 unspecified atom stereocenters. The van der Waals surface area contributed by atoms with E-state index >= 15 is 0 Å². The van der Waals surface area contributed by atoms with Gasteiger partial charge < -0.3 is 26.0 Å². The van der Waals surface area contributed by atoms with Gasteiger partial charge in [-0.3, -0.25) is 9.11 Å². The third-order valence-electron chi connectivity index (χ3n) is 4.76. The summed E-state index contributed by atoms with van der Waals surface area (Å²) in [6.45, 7) is 0.999. The molecule has 0 bridgehead atoms. The van der Waals surface area contributed by atoms with Gasteiger partial charge in [-0.2, -0.15) is 42.0 Å². The number of nitrogens with one attached hydrogen (secondary N) is 4. The van der Waals surface area contributed by atoms with E-state index in [-0.39, 0.29) is 35.0 Å². The van der Waals surface area contributed by atoms with Crippen LogP contribution in [-0.4, -0.2) is 80.4 Å². The van der Waals surface area contributed by atoms with Crippen molar-refractivity contribution in [2.24, 2.45) is 10.2 Å². The first kappa shape index (κ1) is 29.6. The lowest BCUT2D eigenvalue weighted by Crippen LogP contribution is -2.20. The van der Waals surface area contributed by atoms with Crippen LogP contribution in [0.4, 0.5) is 34.9 Å². The van der Waals surface area contributed by atoms with Gasteiger partial charge in [-0.25, -0.2) is 0 Å². The largest absolute Gasteiger partial charge is 0.494 e. The van der Waals surface area contributed by atoms with E-state index in [1.54, 1.807) is 25.2 Å². The Bertz CT molecular complexity index is 1530. The standard InChI is InChI=1S/C21H27N9O7S2/c1-22-8-9-23-19-26-20(24-10-11-38(31,32)33)28-21(27-19)25-17-7-6-15(13-18(17)37-2)30-29-14-4-3-5-16(12-14)39(34,35)36/h3-7,12-13,22H,8-11H2,1-2H3,(H,31,32,33)(H,34,35,36)(H3,23,24,25,26,27,28). The molecule has 0 atom stereocenters. The molecule has 3 aromatic rings. The lowest BCUT2D eigenvalue weighted by atomic mass is 10.2. The lowest BCUT2D eigenvalue weighted by Gasteiger charge is -2.13. The number of anilines is 4. The molecule has 0 fully saturated rings. The lowest BCUT2D eigenvalue weighted by molar-refractivity contribution is 0.417. The summed E-state index contributed by atoms with van der Waals surface area (Å²) in [5.41, 5.74) is 1.05. The molecule has 0 saturated heterocycles. The van der Waals surface area contributed by atoms with Gasteiger partial charge in [-0.05, 0) is 37.4 Å². The van der Waals surface area contributed by atoms with E-state index in [1.165, 1.54) is 31.4 Å². The van der Waals surface area contributed by atoms with Crippen LogP contribution in [0, 0.1) is 0 Å². The van der Waals surface area contributed by atoms with Crippen molar-refractivity contribution >= 4 is 55.1 Å². The number of likely N-dealkylation sites (N-methyl/N-ethyl adjacent to an activating group) is 1. The van der Waals surface area contributed by atoms with Crippen LogP contribution in [-0.2, 0) is 20.2 Å². The van der Waals surface area contributed by atoms with E-state index in [0.717, 1.165) is 0 Å². The number of hydrogen-bond donors (Lipinski definition) is 6. The number of methoxy groups -OCH3 is 1. The molecule has 0 amide bonds. The van der Waals surface area contributed by atoms with Crippen LogP contribution in [0.3, 0.4) is 0 Å². The second-order valence-corrected chi connectivity index (χ2v) is 10.7. The third kappa shape index (κ3) is 9.69. The average molecular weight is 582 g/mol. The van der Waals surface area contributed by atoms with Crippen molar-refractivity contribution < 1.29 is 30.7 Å². The normalized spacial score (nSPS) is 11.9. The molecule has 3 rings (SSSR count). The van der Waals surface area contributed by atoms with Crippen molar-refractivity contribution in [3.63, 3.8) is 0 Å². The number of ether oxygens (including phenoxy) is 1. The molecule has 16 nitrogen and oxygen atoms in total. The highest BCUT2D eigenvalue weighted by Crippen LogP contribution is 2.32. The van der Waals surface area contributed by atoms with E-state index in [9.17, 15) is 21.4 Å². The van der Waals surface area contributed by atoms with Crippen LogP contribution < -0.4 is 26.0 Å². The summed E-state index contributed by atoms with van der Waals surface area (Å²) in [6, 6.07) is 10.2. The van der Waals surface area contributed by atoms with E-state index < -0.39 is 26.0 Å². The van der Waals surface area contributed by atoms with Gasteiger partial charge >= 0.3 is 0 Å². The van der Waals surface area contributed by atoms with Gasteiger partial charge in [0.2, 0.25) is 17.8 Å². The van der Waals surface area contributed by atoms with Crippen LogP contribution in [0.2, 0.25) is 0 Å². The van der Waals surface area contributed by atoms with E-state index in [2.05, 4.69) is 46.4 Å². The molecule has 0 spiro atoms. The Hall–Kier alpha value is -3.97. The first-order valence-electron chi connectivity index (χ1n) is 11.2. The van der Waals surface area contributed by atoms with Crippen LogP contribution in [0.1, 0.15) is 0 Å². The highest BCUT2D eigenvalue weighted by molar-refractivity contribution is 7.86. The third-order valence-corrected chi connectivity index (χ3v) is 6.33. The monoisotopic (exact) mass is 581 g/mol. The van der Waals surface area contributed by atoms with Crippen molar-refractivity contribution in [1.82, 2.24) is 20.3 Å². The first-order chi connectivity index (χ1) is 18.5. The maximum atomic E-state index is 11.3. The van der Waals surface area contributed by atoms with Crippen molar-refractivity contribution in [3.05, 3.63) is 42.5 Å². The molecule has 0 aliphatic carbocycles. The van der Waals surface area contributed by atoms with Gasteiger partial charge in [-0.15, -0.1) is 0 Å². The number of nitrogens with zero attached hydrogens (tertiary/aromatic N) is 5. The molecular formula is C21H27N9O7S2. The Morgan fingerprint density at radius 1 is 0.846 bits per heavy atom. The molecule has 0 radical (unpaired) electrons. The van der Waals surface area contributed by atoms with Gasteiger partial charge in [0.05, 0.1) is 34.8 Å². The molecule has 0 aliphatic heterocycles. The fourth-order valence-corrected chi connectivity index (χ4v) is 3.85. The smallest absolute Gasteiger partial charge is 0.294 e. The number of rotatable bonds is 14. The molecule has 39 heavy (non-hydrogen) atoms. The molecule has 1 aromatic heterocycles. The van der Waals surface area contributed by atoms with Crippen LogP contribution in [0.25, 0.3) is 0 Å². The highest BCUT2D eigenvalue weighted by Gasteiger charge is 2.12. The summed E-state index contributed by atoms with van der Waals surface area (Å²) in [5.74, 6) is 0.215. The predicted octanol–water partition coefficient (Wildman–Crippen LogP) is 2.22. The quantitative estimate of drug-likeness (QED) is 0.0911. The second kappa shape index (κ2) is 13.2. The first-order valence-corrected chi connectivity index (χ1v) is 14.3. The van der Waals surface area contributed by atoms with Crippen molar-refractivity contribution in [3.8, 4) is 5.75 Å². The summed E-state index contributed by atoms with van der Waals surface area (Å²) in [7, 11) is -5.31. The Labute approximate surface area is 224 Å². The Kier molecular flexibility index (Phi) is 10.0. The molecule has 1 heterocycles. The fourth-order valence-electron chi connectivity index (χ4n) is 2.97. The fraction of sp³-hybridized carbons (Fsp3) is 0.286. The topological polar surface area (TPSA) is 229 Å². The van der Waals surface area contributed by atoms with Gasteiger partial charge in [0, 0.05) is 25.7 Å². The van der Waals surface area contributed by atoms with Crippen LogP contribution in [0.15, 0.2) is 57.6 Å². The molecule has 18 heteroatoms. The SMILES string of the molecule is CNCCNc1nc(NCCS(=O)(=O)O)nc(Nc2ccc(N=Nc3cccc(S(=O)(=O)O)c3)cc2OC)n1. The summed E-state index contributed by atoms with van der Waals surface area (Å²) in [6.07, 6.45) is 0. The number of aromatic nitrogens is 3. The maximum absolute atomic E-state index is 11.3. The minimum absolute atomic E-state index is 0.0691. The van der Waals surface area contributed by atoms with Crippen molar-refractivity contribution in [2.45, 2.75) is 4.90 Å². The molecule has 0 saturated carbocycles. The number of benzene rings is 2. The predicted molar refractivity (Wildman–Crippen MR) is 144 cm³/mol. The zero-order valence-electron chi connectivity index (χ0n) is 20.9.